The van der Waals surface area contributed by atoms with E-state index in [-0.39, 0.29) is 24.2 Å². The lowest BCUT2D eigenvalue weighted by Crippen LogP contribution is -2.53. The lowest BCUT2D eigenvalue weighted by Gasteiger charge is -2.25. The Labute approximate surface area is 184 Å². The minimum absolute atomic E-state index is 0.0338. The van der Waals surface area contributed by atoms with Crippen molar-refractivity contribution in [1.29, 1.82) is 0 Å². The zero-order valence-corrected chi connectivity index (χ0v) is 17.0. The molecule has 2 heterocycles. The smallest absolute Gasteiger partial charge is 0.368 e. The van der Waals surface area contributed by atoms with Gasteiger partial charge >= 0.3 is 6.18 Å². The van der Waals surface area contributed by atoms with E-state index in [1.807, 2.05) is 0 Å². The first-order chi connectivity index (χ1) is 15.5. The van der Waals surface area contributed by atoms with Gasteiger partial charge in [-0.05, 0) is 36.8 Å². The Morgan fingerprint density at radius 3 is 2.64 bits per heavy atom. The molecule has 2 aromatic carbocycles. The molecule has 1 atom stereocenters. The number of nitrogens with two attached hydrogens (primary N) is 2. The molecule has 1 aromatic heterocycles. The Bertz CT molecular complexity index is 1270. The summed E-state index contributed by atoms with van der Waals surface area (Å²) in [6.45, 7) is 0.382. The number of primary amides is 1. The highest BCUT2D eigenvalue weighted by Crippen LogP contribution is 2.35. The second-order valence-corrected chi connectivity index (χ2v) is 7.76. The predicted octanol–water partition coefficient (Wildman–Crippen LogP) is 2.43. The Morgan fingerprint density at radius 2 is 1.94 bits per heavy atom. The van der Waals surface area contributed by atoms with Crippen LogP contribution in [0.5, 0.6) is 0 Å². The zero-order chi connectivity index (χ0) is 24.0. The van der Waals surface area contributed by atoms with E-state index < -0.39 is 34.9 Å². The molecule has 1 aliphatic heterocycles. The maximum absolute atomic E-state index is 13.5. The lowest BCUT2D eigenvalue weighted by atomic mass is 9.98. The van der Waals surface area contributed by atoms with E-state index in [1.54, 1.807) is 11.0 Å². The summed E-state index contributed by atoms with van der Waals surface area (Å²) < 4.78 is 52.4. The average molecular weight is 462 g/mol. The van der Waals surface area contributed by atoms with Gasteiger partial charge in [0.05, 0.1) is 16.6 Å². The molecular formula is C21H18F4N6O2. The molecule has 1 fully saturated rings. The van der Waals surface area contributed by atoms with Crippen LogP contribution in [0.2, 0.25) is 0 Å². The van der Waals surface area contributed by atoms with Crippen molar-refractivity contribution in [2.24, 2.45) is 11.5 Å². The minimum atomic E-state index is -4.91. The zero-order valence-electron chi connectivity index (χ0n) is 17.0. The van der Waals surface area contributed by atoms with E-state index in [0.29, 0.717) is 35.3 Å². The van der Waals surface area contributed by atoms with E-state index in [0.717, 1.165) is 6.07 Å². The van der Waals surface area contributed by atoms with Crippen LogP contribution in [0.1, 0.15) is 22.3 Å². The van der Waals surface area contributed by atoms with Crippen molar-refractivity contribution in [3.8, 4) is 0 Å². The normalized spacial score (nSPS) is 18.5. The molecule has 172 valence electrons. The summed E-state index contributed by atoms with van der Waals surface area (Å²) in [5.74, 6) is -2.81. The Kier molecular flexibility index (Phi) is 5.40. The van der Waals surface area contributed by atoms with Gasteiger partial charge in [-0.25, -0.2) is 14.4 Å². The predicted molar refractivity (Wildman–Crippen MR) is 112 cm³/mol. The highest BCUT2D eigenvalue weighted by atomic mass is 19.4. The van der Waals surface area contributed by atoms with Crippen LogP contribution in [0.15, 0.2) is 42.9 Å². The average Bonchev–Trinajstić information content (AvgIpc) is 3.16. The summed E-state index contributed by atoms with van der Waals surface area (Å²) in [6, 6.07) is 5.35. The molecule has 1 aliphatic rings. The molecule has 12 heteroatoms. The number of rotatable bonds is 4. The summed E-state index contributed by atoms with van der Waals surface area (Å²) in [6.07, 6.45) is -1.92. The minimum Gasteiger partial charge on any atom is -0.368 e. The number of carbonyl (C=O) groups is 2. The standard InChI is InChI=1S/C21H18F4N6O2/c22-15-3-1-11(7-14(15)21(23,24)25)30-19(33)20(27)5-6-31(9-20)16-4-2-12(18(26)32)17-13(16)8-28-10-29-17/h1-4,7-8,10H,5-6,9,27H2,(H2,26,32)(H,30,33)/t20-/m1/s1. The Balaban J connectivity index is 1.58. The number of fused-ring (bicyclic) bond motifs is 1. The summed E-state index contributed by atoms with van der Waals surface area (Å²) in [4.78, 5) is 34.4. The molecule has 5 N–H and O–H groups in total. The molecule has 0 saturated carbocycles. The second-order valence-electron chi connectivity index (χ2n) is 7.76. The fraction of sp³-hybridized carbons (Fsp3) is 0.238. The van der Waals surface area contributed by atoms with Crippen LogP contribution in [0.25, 0.3) is 10.9 Å². The van der Waals surface area contributed by atoms with E-state index >= 15 is 0 Å². The number of aromatic nitrogens is 2. The van der Waals surface area contributed by atoms with Crippen LogP contribution >= 0.6 is 0 Å². The summed E-state index contributed by atoms with van der Waals surface area (Å²) in [5, 5.41) is 2.89. The molecule has 3 aromatic rings. The summed E-state index contributed by atoms with van der Waals surface area (Å²) in [7, 11) is 0. The molecule has 4 rings (SSSR count). The largest absolute Gasteiger partial charge is 0.419 e. The SMILES string of the molecule is NC(=O)c1ccc(N2CC[C@](N)(C(=O)Nc3ccc(F)c(C(F)(F)F)c3)C2)c2cncnc12. The highest BCUT2D eigenvalue weighted by Gasteiger charge is 2.42. The van der Waals surface area contributed by atoms with Gasteiger partial charge in [0, 0.05) is 36.0 Å². The van der Waals surface area contributed by atoms with Crippen molar-refractivity contribution < 1.29 is 27.2 Å². The van der Waals surface area contributed by atoms with Crippen molar-refractivity contribution in [2.75, 3.05) is 23.3 Å². The number of nitrogens with zero attached hydrogens (tertiary/aromatic N) is 3. The number of hydrogen-bond acceptors (Lipinski definition) is 6. The monoisotopic (exact) mass is 462 g/mol. The Morgan fingerprint density at radius 1 is 1.18 bits per heavy atom. The number of carbonyl (C=O) groups excluding carboxylic acids is 2. The van der Waals surface area contributed by atoms with Gasteiger partial charge < -0.3 is 21.7 Å². The maximum Gasteiger partial charge on any atom is 0.419 e. The van der Waals surface area contributed by atoms with Crippen LogP contribution < -0.4 is 21.7 Å². The molecule has 0 aliphatic carbocycles. The van der Waals surface area contributed by atoms with Gasteiger partial charge in [-0.15, -0.1) is 0 Å². The molecular weight excluding hydrogens is 444 g/mol. The van der Waals surface area contributed by atoms with Gasteiger partial charge in [0.25, 0.3) is 5.91 Å². The van der Waals surface area contributed by atoms with Gasteiger partial charge in [-0.3, -0.25) is 9.59 Å². The number of anilines is 2. The third kappa shape index (κ3) is 4.16. The maximum atomic E-state index is 13.5. The topological polar surface area (TPSA) is 127 Å². The molecule has 33 heavy (non-hydrogen) atoms. The van der Waals surface area contributed by atoms with Gasteiger partial charge in [-0.1, -0.05) is 0 Å². The Hall–Kier alpha value is -3.80. The number of hydrogen-bond donors (Lipinski definition) is 3. The number of nitrogens with one attached hydrogen (secondary N) is 1. The number of benzene rings is 2. The summed E-state index contributed by atoms with van der Waals surface area (Å²) >= 11 is 0. The first kappa shape index (κ1) is 22.4. The van der Waals surface area contributed by atoms with Gasteiger partial charge in [0.2, 0.25) is 5.91 Å². The third-order valence-corrected chi connectivity index (χ3v) is 5.54. The molecule has 1 saturated heterocycles. The molecule has 2 amide bonds. The molecule has 0 spiro atoms. The van der Waals surface area contributed by atoms with Crippen LogP contribution in [0.3, 0.4) is 0 Å². The van der Waals surface area contributed by atoms with Crippen LogP contribution in [0, 0.1) is 5.82 Å². The molecule has 0 bridgehead atoms. The van der Waals surface area contributed by atoms with E-state index in [1.165, 1.54) is 18.6 Å². The number of alkyl halides is 3. The first-order valence-electron chi connectivity index (χ1n) is 9.74. The van der Waals surface area contributed by atoms with E-state index in [2.05, 4.69) is 15.3 Å². The fourth-order valence-corrected chi connectivity index (χ4v) is 3.84. The van der Waals surface area contributed by atoms with E-state index in [9.17, 15) is 27.2 Å². The number of halogens is 4. The second kappa shape index (κ2) is 7.96. The highest BCUT2D eigenvalue weighted by molar-refractivity contribution is 6.08. The first-order valence-corrected chi connectivity index (χ1v) is 9.74. The van der Waals surface area contributed by atoms with Crippen molar-refractivity contribution in [2.45, 2.75) is 18.1 Å². The third-order valence-electron chi connectivity index (χ3n) is 5.54. The fourth-order valence-electron chi connectivity index (χ4n) is 3.84. The van der Waals surface area contributed by atoms with Crippen LogP contribution in [-0.2, 0) is 11.0 Å². The molecule has 0 radical (unpaired) electrons. The van der Waals surface area contributed by atoms with Gasteiger partial charge in [0.1, 0.15) is 17.7 Å². The number of amides is 2. The molecule has 0 unspecified atom stereocenters. The molecule has 8 nitrogen and oxygen atoms in total. The summed E-state index contributed by atoms with van der Waals surface area (Å²) in [5.41, 5.74) is 9.75. The van der Waals surface area contributed by atoms with E-state index in [4.69, 9.17) is 11.5 Å². The quantitative estimate of drug-likeness (QED) is 0.511. The van der Waals surface area contributed by atoms with Crippen molar-refractivity contribution in [3.05, 3.63) is 59.8 Å². The van der Waals surface area contributed by atoms with Crippen LogP contribution in [0.4, 0.5) is 28.9 Å². The van der Waals surface area contributed by atoms with Crippen molar-refractivity contribution in [1.82, 2.24) is 9.97 Å². The van der Waals surface area contributed by atoms with Crippen molar-refractivity contribution >= 4 is 34.1 Å². The van der Waals surface area contributed by atoms with Crippen molar-refractivity contribution in [3.63, 3.8) is 0 Å². The van der Waals surface area contributed by atoms with Gasteiger partial charge in [0.15, 0.2) is 0 Å². The lowest BCUT2D eigenvalue weighted by molar-refractivity contribution is -0.140. The van der Waals surface area contributed by atoms with Gasteiger partial charge in [-0.2, -0.15) is 13.2 Å². The van der Waals surface area contributed by atoms with Crippen LogP contribution in [-0.4, -0.2) is 40.4 Å².